The summed E-state index contributed by atoms with van der Waals surface area (Å²) in [6.07, 6.45) is 2.25. The van der Waals surface area contributed by atoms with Crippen molar-refractivity contribution in [1.82, 2.24) is 15.5 Å². The van der Waals surface area contributed by atoms with Gasteiger partial charge in [0.15, 0.2) is 5.96 Å². The molecule has 0 bridgehead atoms. The lowest BCUT2D eigenvalue weighted by molar-refractivity contribution is -0.385. The Morgan fingerprint density at radius 3 is 2.48 bits per heavy atom. The standard InChI is InChI=1S/C20H33N5O3.HI/c1-4-16(5-2)19(24-10-12-28-13-11-24)15-23-20(21-3)22-14-17-8-6-7-9-18(17)25(26)27;/h6-9,16,19H,4-5,10-15H2,1-3H3,(H2,21,22,23);1H. The Hall–Kier alpha value is -1.46. The van der Waals surface area contributed by atoms with Gasteiger partial charge in [0.25, 0.3) is 5.69 Å². The number of hydrogen-bond acceptors (Lipinski definition) is 5. The molecule has 0 aromatic heterocycles. The SMILES string of the molecule is CCC(CC)C(CNC(=NC)NCc1ccccc1[N+](=O)[O-])N1CCOCC1.I. The van der Waals surface area contributed by atoms with Crippen LogP contribution in [-0.4, -0.2) is 61.7 Å². The van der Waals surface area contributed by atoms with E-state index in [9.17, 15) is 10.1 Å². The highest BCUT2D eigenvalue weighted by atomic mass is 127. The number of hydrogen-bond donors (Lipinski definition) is 2. The molecule has 8 nitrogen and oxygen atoms in total. The summed E-state index contributed by atoms with van der Waals surface area (Å²) in [5.74, 6) is 1.25. The van der Waals surface area contributed by atoms with Gasteiger partial charge >= 0.3 is 0 Å². The van der Waals surface area contributed by atoms with Crippen molar-refractivity contribution in [3.63, 3.8) is 0 Å². The molecular formula is C20H34IN5O3. The second-order valence-corrected chi connectivity index (χ2v) is 6.98. The van der Waals surface area contributed by atoms with Crippen LogP contribution in [0.25, 0.3) is 0 Å². The summed E-state index contributed by atoms with van der Waals surface area (Å²) in [5.41, 5.74) is 0.758. The van der Waals surface area contributed by atoms with Gasteiger partial charge in [0, 0.05) is 50.9 Å². The monoisotopic (exact) mass is 519 g/mol. The third-order valence-corrected chi connectivity index (χ3v) is 5.44. The normalized spacial score (nSPS) is 16.2. The first kappa shape index (κ1) is 25.6. The van der Waals surface area contributed by atoms with E-state index >= 15 is 0 Å². The minimum absolute atomic E-state index is 0. The van der Waals surface area contributed by atoms with Crippen molar-refractivity contribution in [2.24, 2.45) is 10.9 Å². The zero-order valence-corrected chi connectivity index (χ0v) is 19.9. The lowest BCUT2D eigenvalue weighted by Gasteiger charge is -2.39. The zero-order chi connectivity index (χ0) is 20.4. The van der Waals surface area contributed by atoms with Crippen molar-refractivity contribution in [3.05, 3.63) is 39.9 Å². The molecule has 29 heavy (non-hydrogen) atoms. The number of guanidine groups is 1. The number of nitro benzene ring substituents is 1. The summed E-state index contributed by atoms with van der Waals surface area (Å²) >= 11 is 0. The predicted octanol–water partition coefficient (Wildman–Crippen LogP) is 3.01. The topological polar surface area (TPSA) is 92.0 Å². The smallest absolute Gasteiger partial charge is 0.274 e. The first-order valence-corrected chi connectivity index (χ1v) is 10.1. The maximum absolute atomic E-state index is 11.2. The number of nitro groups is 1. The van der Waals surface area contributed by atoms with Crippen molar-refractivity contribution < 1.29 is 9.66 Å². The first-order valence-electron chi connectivity index (χ1n) is 10.1. The van der Waals surface area contributed by atoms with Crippen molar-refractivity contribution in [2.75, 3.05) is 39.9 Å². The van der Waals surface area contributed by atoms with E-state index in [4.69, 9.17) is 4.74 Å². The molecule has 0 radical (unpaired) electrons. The second-order valence-electron chi connectivity index (χ2n) is 6.98. The Bertz CT molecular complexity index is 649. The van der Waals surface area contributed by atoms with Crippen LogP contribution < -0.4 is 10.6 Å². The number of nitrogens with zero attached hydrogens (tertiary/aromatic N) is 3. The average molecular weight is 519 g/mol. The minimum Gasteiger partial charge on any atom is -0.379 e. The average Bonchev–Trinajstić information content (AvgIpc) is 2.73. The molecule has 1 heterocycles. The van der Waals surface area contributed by atoms with Crippen LogP contribution in [0, 0.1) is 16.0 Å². The van der Waals surface area contributed by atoms with Gasteiger partial charge in [0.05, 0.1) is 18.1 Å². The highest BCUT2D eigenvalue weighted by Crippen LogP contribution is 2.20. The molecule has 0 amide bonds. The van der Waals surface area contributed by atoms with Crippen molar-refractivity contribution >= 4 is 35.6 Å². The van der Waals surface area contributed by atoms with Gasteiger partial charge in [-0.2, -0.15) is 0 Å². The summed E-state index contributed by atoms with van der Waals surface area (Å²) in [4.78, 5) is 17.6. The van der Waals surface area contributed by atoms with Crippen molar-refractivity contribution in [3.8, 4) is 0 Å². The predicted molar refractivity (Wildman–Crippen MR) is 127 cm³/mol. The number of rotatable bonds is 9. The number of nitrogens with one attached hydrogen (secondary N) is 2. The fraction of sp³-hybridized carbons (Fsp3) is 0.650. The Kier molecular flexibility index (Phi) is 12.1. The molecular weight excluding hydrogens is 485 g/mol. The van der Waals surface area contributed by atoms with Crippen LogP contribution in [0.5, 0.6) is 0 Å². The number of benzene rings is 1. The Morgan fingerprint density at radius 1 is 1.24 bits per heavy atom. The summed E-state index contributed by atoms with van der Waals surface area (Å²) in [6, 6.07) is 7.18. The molecule has 2 rings (SSSR count). The van der Waals surface area contributed by atoms with Crippen molar-refractivity contribution in [2.45, 2.75) is 39.3 Å². The van der Waals surface area contributed by atoms with Crippen LogP contribution in [0.15, 0.2) is 29.3 Å². The molecule has 1 aliphatic heterocycles. The summed E-state index contributed by atoms with van der Waals surface area (Å²) in [7, 11) is 1.72. The van der Waals surface area contributed by atoms with E-state index < -0.39 is 0 Å². The summed E-state index contributed by atoms with van der Waals surface area (Å²) in [5, 5.41) is 17.8. The zero-order valence-electron chi connectivity index (χ0n) is 17.6. The molecule has 1 unspecified atom stereocenters. The first-order chi connectivity index (χ1) is 13.6. The molecule has 1 aliphatic rings. The van der Waals surface area contributed by atoms with Crippen LogP contribution in [0.1, 0.15) is 32.3 Å². The van der Waals surface area contributed by atoms with E-state index in [0.717, 1.165) is 45.7 Å². The molecule has 1 aromatic carbocycles. The Labute approximate surface area is 190 Å². The maximum atomic E-state index is 11.2. The Balaban J connectivity index is 0.00000420. The quantitative estimate of drug-likeness (QED) is 0.171. The lowest BCUT2D eigenvalue weighted by atomic mass is 9.92. The number of halogens is 1. The molecule has 9 heteroatoms. The Morgan fingerprint density at radius 2 is 1.90 bits per heavy atom. The van der Waals surface area contributed by atoms with Crippen molar-refractivity contribution in [1.29, 1.82) is 0 Å². The molecule has 164 valence electrons. The van der Waals surface area contributed by atoms with E-state index in [-0.39, 0.29) is 34.6 Å². The van der Waals surface area contributed by atoms with Crippen LogP contribution in [0.4, 0.5) is 5.69 Å². The van der Waals surface area contributed by atoms with Crippen LogP contribution in [0.3, 0.4) is 0 Å². The molecule has 0 spiro atoms. The van der Waals surface area contributed by atoms with E-state index in [0.29, 0.717) is 30.0 Å². The number of aliphatic imine (C=N–C) groups is 1. The van der Waals surface area contributed by atoms with E-state index in [1.54, 1.807) is 19.2 Å². The summed E-state index contributed by atoms with van der Waals surface area (Å²) in [6.45, 7) is 9.07. The molecule has 1 atom stereocenters. The minimum atomic E-state index is -0.352. The number of para-hydroxylation sites is 1. The van der Waals surface area contributed by atoms with Gasteiger partial charge in [-0.3, -0.25) is 20.0 Å². The van der Waals surface area contributed by atoms with Gasteiger partial charge < -0.3 is 15.4 Å². The van der Waals surface area contributed by atoms with Crippen LogP contribution in [-0.2, 0) is 11.3 Å². The van der Waals surface area contributed by atoms with Crippen LogP contribution >= 0.6 is 24.0 Å². The lowest BCUT2D eigenvalue weighted by Crippen LogP contribution is -2.53. The van der Waals surface area contributed by atoms with Gasteiger partial charge in [-0.05, 0) is 5.92 Å². The molecule has 1 aromatic rings. The third-order valence-electron chi connectivity index (χ3n) is 5.44. The summed E-state index contributed by atoms with van der Waals surface area (Å²) < 4.78 is 5.51. The molecule has 1 saturated heterocycles. The van der Waals surface area contributed by atoms with E-state index in [2.05, 4.69) is 34.4 Å². The fourth-order valence-electron chi connectivity index (χ4n) is 3.78. The van der Waals surface area contributed by atoms with Crippen LogP contribution in [0.2, 0.25) is 0 Å². The van der Waals surface area contributed by atoms with Gasteiger partial charge in [0.2, 0.25) is 0 Å². The molecule has 1 fully saturated rings. The van der Waals surface area contributed by atoms with Gasteiger partial charge in [0.1, 0.15) is 0 Å². The van der Waals surface area contributed by atoms with Gasteiger partial charge in [-0.25, -0.2) is 0 Å². The third kappa shape index (κ3) is 7.71. The maximum Gasteiger partial charge on any atom is 0.274 e. The highest BCUT2D eigenvalue weighted by Gasteiger charge is 2.27. The molecule has 0 saturated carbocycles. The highest BCUT2D eigenvalue weighted by molar-refractivity contribution is 14.0. The molecule has 0 aliphatic carbocycles. The number of ether oxygens (including phenoxy) is 1. The van der Waals surface area contributed by atoms with E-state index in [1.165, 1.54) is 6.07 Å². The fourth-order valence-corrected chi connectivity index (χ4v) is 3.78. The van der Waals surface area contributed by atoms with E-state index in [1.807, 2.05) is 6.07 Å². The van der Waals surface area contributed by atoms with Gasteiger partial charge in [-0.1, -0.05) is 44.9 Å². The number of morpholine rings is 1. The largest absolute Gasteiger partial charge is 0.379 e. The molecule has 2 N–H and O–H groups in total. The van der Waals surface area contributed by atoms with Gasteiger partial charge in [-0.15, -0.1) is 24.0 Å². The second kappa shape index (κ2) is 13.7.